The Bertz CT molecular complexity index is 3380. The third kappa shape index (κ3) is 7.94. The average Bonchev–Trinajstić information content (AvgIpc) is 3.94. The molecule has 3 aliphatic heterocycles. The number of nitrogens with zero attached hydrogens (tertiary/aromatic N) is 8. The standard InChI is InChI=1S/C48H45F4N11O6/c1-57-41-35(4-3-5-36(41)63(45(57)68)37-12-13-39(64)56-44(37)67)60-16-14-47(15-17-60)24-59(25-47)18-19-61-38(27-6-9-31(10-7-27)62-26-54-58(2)46(62)69)21-28-20-29(48(50,51)52)22-33(40(28)61)43(66)55-30-8-11-34(49)32(23-30)42(53)65/h3-11,20-23,26,37H,12-19,24-25H2,1-2H3,(H2,53,65)(H,55,66)(H,56,64,67). The van der Waals surface area contributed by atoms with Crippen molar-refractivity contribution < 1.29 is 36.7 Å². The normalized spacial score (nSPS) is 17.4. The van der Waals surface area contributed by atoms with Gasteiger partial charge in [0, 0.05) is 76.6 Å². The van der Waals surface area contributed by atoms with Crippen LogP contribution in [0.2, 0.25) is 0 Å². The van der Waals surface area contributed by atoms with Crippen LogP contribution in [0.3, 0.4) is 0 Å². The van der Waals surface area contributed by atoms with Crippen LogP contribution in [-0.4, -0.2) is 89.3 Å². The number of imidazole rings is 1. The summed E-state index contributed by atoms with van der Waals surface area (Å²) in [5.41, 5.74) is 6.72. The molecule has 4 amide bonds. The topological polar surface area (TPSA) is 197 Å². The monoisotopic (exact) mass is 947 g/mol. The lowest BCUT2D eigenvalue weighted by Gasteiger charge is -2.54. The van der Waals surface area contributed by atoms with Crippen molar-refractivity contribution in [2.24, 2.45) is 25.2 Å². The quantitative estimate of drug-likeness (QED) is 0.126. The van der Waals surface area contributed by atoms with Crippen LogP contribution in [0.4, 0.5) is 28.9 Å². The number of alkyl halides is 3. The van der Waals surface area contributed by atoms with Gasteiger partial charge in [-0.1, -0.05) is 18.2 Å². The Balaban J connectivity index is 0.928. The van der Waals surface area contributed by atoms with Gasteiger partial charge in [0.15, 0.2) is 0 Å². The molecule has 1 spiro atoms. The Hall–Kier alpha value is -7.81. The molecular weight excluding hydrogens is 903 g/mol. The second-order valence-corrected chi connectivity index (χ2v) is 18.1. The first-order valence-electron chi connectivity index (χ1n) is 22.3. The lowest BCUT2D eigenvalue weighted by molar-refractivity contribution is -0.138. The molecule has 21 heteroatoms. The minimum Gasteiger partial charge on any atom is -0.370 e. The molecular formula is C48H45F4N11O6. The van der Waals surface area contributed by atoms with Crippen LogP contribution in [0, 0.1) is 11.2 Å². The van der Waals surface area contributed by atoms with Gasteiger partial charge in [-0.05, 0) is 90.9 Å². The van der Waals surface area contributed by atoms with E-state index in [0.717, 1.165) is 55.9 Å². The number of amides is 4. The van der Waals surface area contributed by atoms with Crippen molar-refractivity contribution in [1.82, 2.24) is 38.3 Å². The molecule has 0 bridgehead atoms. The summed E-state index contributed by atoms with van der Waals surface area (Å²) in [4.78, 5) is 81.5. The number of benzene rings is 4. The molecule has 4 aromatic carbocycles. The summed E-state index contributed by atoms with van der Waals surface area (Å²) in [6, 6.07) is 18.2. The molecule has 7 aromatic rings. The van der Waals surface area contributed by atoms with Gasteiger partial charge in [0.2, 0.25) is 11.8 Å². The molecule has 1 unspecified atom stereocenters. The maximum absolute atomic E-state index is 14.5. The molecule has 10 rings (SSSR count). The number of carbonyl (C=O) groups is 4. The number of carbonyl (C=O) groups excluding carboxylic acids is 4. The van der Waals surface area contributed by atoms with Crippen LogP contribution in [0.1, 0.15) is 58.0 Å². The molecule has 0 saturated carbocycles. The fraction of sp³-hybridized carbons (Fsp3) is 0.312. The van der Waals surface area contributed by atoms with Crippen molar-refractivity contribution in [2.75, 3.05) is 42.9 Å². The predicted octanol–water partition coefficient (Wildman–Crippen LogP) is 4.94. The number of likely N-dealkylation sites (tertiary alicyclic amines) is 1. The first kappa shape index (κ1) is 45.0. The van der Waals surface area contributed by atoms with Crippen LogP contribution in [0.15, 0.2) is 94.8 Å². The van der Waals surface area contributed by atoms with E-state index in [1.807, 2.05) is 22.8 Å². The summed E-state index contributed by atoms with van der Waals surface area (Å²) >= 11 is 0. The molecule has 356 valence electrons. The lowest BCUT2D eigenvalue weighted by Crippen LogP contribution is -2.60. The smallest absolute Gasteiger partial charge is 0.370 e. The Morgan fingerprint density at radius 1 is 0.884 bits per heavy atom. The number of imide groups is 1. The Morgan fingerprint density at radius 2 is 1.62 bits per heavy atom. The number of piperidine rings is 2. The highest BCUT2D eigenvalue weighted by atomic mass is 19.4. The first-order valence-corrected chi connectivity index (χ1v) is 22.3. The maximum atomic E-state index is 14.5. The Morgan fingerprint density at radius 3 is 2.29 bits per heavy atom. The Labute approximate surface area is 389 Å². The molecule has 3 saturated heterocycles. The van der Waals surface area contributed by atoms with E-state index in [9.17, 15) is 46.3 Å². The molecule has 3 fully saturated rings. The number of para-hydroxylation sites is 1. The highest BCUT2D eigenvalue weighted by molar-refractivity contribution is 6.13. The summed E-state index contributed by atoms with van der Waals surface area (Å²) in [5.74, 6) is -3.81. The maximum Gasteiger partial charge on any atom is 0.416 e. The summed E-state index contributed by atoms with van der Waals surface area (Å²) < 4.78 is 65.3. The number of aryl methyl sites for hydroxylation is 2. The van der Waals surface area contributed by atoms with Crippen molar-refractivity contribution >= 4 is 56.9 Å². The van der Waals surface area contributed by atoms with E-state index >= 15 is 0 Å². The molecule has 69 heavy (non-hydrogen) atoms. The van der Waals surface area contributed by atoms with Gasteiger partial charge in [-0.25, -0.2) is 23.2 Å². The summed E-state index contributed by atoms with van der Waals surface area (Å²) in [7, 11) is 3.20. The number of hydrogen-bond donors (Lipinski definition) is 3. The number of aromatic nitrogens is 6. The van der Waals surface area contributed by atoms with E-state index in [2.05, 4.69) is 25.5 Å². The molecule has 3 aliphatic rings. The van der Waals surface area contributed by atoms with Crippen molar-refractivity contribution in [1.29, 1.82) is 0 Å². The van der Waals surface area contributed by atoms with Gasteiger partial charge < -0.3 is 25.4 Å². The highest BCUT2D eigenvalue weighted by Gasteiger charge is 2.45. The molecule has 4 N–H and O–H groups in total. The van der Waals surface area contributed by atoms with Crippen LogP contribution >= 0.6 is 0 Å². The van der Waals surface area contributed by atoms with Gasteiger partial charge in [-0.2, -0.15) is 18.3 Å². The number of rotatable bonds is 10. The molecule has 0 radical (unpaired) electrons. The Kier molecular flexibility index (Phi) is 10.9. The third-order valence-electron chi connectivity index (χ3n) is 13.8. The highest BCUT2D eigenvalue weighted by Crippen LogP contribution is 2.43. The zero-order chi connectivity index (χ0) is 48.7. The minimum absolute atomic E-state index is 0.0116. The van der Waals surface area contributed by atoms with Crippen LogP contribution in [0.25, 0.3) is 38.9 Å². The van der Waals surface area contributed by atoms with E-state index in [4.69, 9.17) is 5.73 Å². The van der Waals surface area contributed by atoms with Gasteiger partial charge in [0.1, 0.15) is 18.2 Å². The summed E-state index contributed by atoms with van der Waals surface area (Å²) in [6.45, 7) is 3.63. The lowest BCUT2D eigenvalue weighted by atomic mass is 9.72. The molecule has 1 atom stereocenters. The molecule has 0 aliphatic carbocycles. The van der Waals surface area contributed by atoms with E-state index in [1.165, 1.54) is 33.3 Å². The van der Waals surface area contributed by atoms with Gasteiger partial charge in [0.25, 0.3) is 11.8 Å². The van der Waals surface area contributed by atoms with Crippen molar-refractivity contribution in [2.45, 2.75) is 44.4 Å². The zero-order valence-corrected chi connectivity index (χ0v) is 37.3. The number of fused-ring (bicyclic) bond motifs is 2. The fourth-order valence-corrected chi connectivity index (χ4v) is 10.3. The van der Waals surface area contributed by atoms with Crippen LogP contribution < -0.4 is 32.6 Å². The molecule has 6 heterocycles. The second-order valence-electron chi connectivity index (χ2n) is 18.1. The predicted molar refractivity (Wildman–Crippen MR) is 247 cm³/mol. The van der Waals surface area contributed by atoms with E-state index in [-0.39, 0.29) is 64.2 Å². The number of halogens is 4. The fourth-order valence-electron chi connectivity index (χ4n) is 10.3. The third-order valence-corrected chi connectivity index (χ3v) is 13.8. The van der Waals surface area contributed by atoms with Crippen LogP contribution in [0.5, 0.6) is 0 Å². The number of primary amides is 1. The van der Waals surface area contributed by atoms with Gasteiger partial charge in [0.05, 0.1) is 44.6 Å². The van der Waals surface area contributed by atoms with Gasteiger partial charge in [-0.15, -0.1) is 0 Å². The largest absolute Gasteiger partial charge is 0.416 e. The number of anilines is 2. The van der Waals surface area contributed by atoms with Crippen molar-refractivity contribution in [3.8, 4) is 16.9 Å². The number of nitrogens with one attached hydrogen (secondary N) is 2. The van der Waals surface area contributed by atoms with E-state index in [0.29, 0.717) is 47.6 Å². The second kappa shape index (κ2) is 16.8. The SMILES string of the molecule is Cn1ncn(-c2ccc(-c3cc4cc(C(F)(F)F)cc(C(=O)Nc5ccc(F)c(C(N)=O)c5)c4n3CCN3CC4(CCN(c5cccc6c5n(C)c(=O)n6C5CCC(=O)NC5=O)CC4)C3)cc2)c1=O. The minimum atomic E-state index is -4.83. The molecule has 17 nitrogen and oxygen atoms in total. The number of hydrogen-bond acceptors (Lipinski definition) is 9. The van der Waals surface area contributed by atoms with Gasteiger partial charge in [-0.3, -0.25) is 33.6 Å². The van der Waals surface area contributed by atoms with E-state index < -0.39 is 46.9 Å². The molecule has 3 aromatic heterocycles. The zero-order valence-electron chi connectivity index (χ0n) is 37.3. The summed E-state index contributed by atoms with van der Waals surface area (Å²) in [6.07, 6.45) is -1.39. The first-order chi connectivity index (χ1) is 32.9. The average molecular weight is 948 g/mol. The summed E-state index contributed by atoms with van der Waals surface area (Å²) in [5, 5.41) is 9.05. The number of nitrogens with two attached hydrogens (primary N) is 1. The van der Waals surface area contributed by atoms with Crippen molar-refractivity contribution in [3.05, 3.63) is 129 Å². The van der Waals surface area contributed by atoms with Gasteiger partial charge >= 0.3 is 17.6 Å². The van der Waals surface area contributed by atoms with Crippen molar-refractivity contribution in [3.63, 3.8) is 0 Å². The van der Waals surface area contributed by atoms with E-state index in [1.54, 1.807) is 41.9 Å². The van der Waals surface area contributed by atoms with Crippen LogP contribution in [-0.2, 0) is 36.4 Å².